The fourth-order valence-electron chi connectivity index (χ4n) is 2.96. The number of phenols is 1. The van der Waals surface area contributed by atoms with E-state index in [-0.39, 0.29) is 16.8 Å². The van der Waals surface area contributed by atoms with Crippen molar-refractivity contribution in [2.45, 2.75) is 59.3 Å². The molecule has 2 aromatic carbocycles. The van der Waals surface area contributed by atoms with Crippen LogP contribution in [0.1, 0.15) is 70.0 Å². The molecule has 0 aliphatic heterocycles. The van der Waals surface area contributed by atoms with Gasteiger partial charge in [0.25, 0.3) is 0 Å². The first-order valence-electron chi connectivity index (χ1n) is 9.10. The minimum Gasteiger partial charge on any atom is -0.507 e. The van der Waals surface area contributed by atoms with Gasteiger partial charge in [-0.05, 0) is 53.1 Å². The van der Waals surface area contributed by atoms with Crippen molar-refractivity contribution in [3.8, 4) is 16.9 Å². The summed E-state index contributed by atoms with van der Waals surface area (Å²) in [6.45, 7) is 14.8. The van der Waals surface area contributed by atoms with Crippen LogP contribution in [0.3, 0.4) is 0 Å². The molecule has 3 heteroatoms. The normalized spacial score (nSPS) is 12.1. The quantitative estimate of drug-likeness (QED) is 0.705. The Morgan fingerprint density at radius 1 is 0.885 bits per heavy atom. The summed E-state index contributed by atoms with van der Waals surface area (Å²) < 4.78 is 5.04. The van der Waals surface area contributed by atoms with Gasteiger partial charge in [-0.25, -0.2) is 4.79 Å². The van der Waals surface area contributed by atoms with Crippen molar-refractivity contribution < 1.29 is 14.6 Å². The third-order valence-corrected chi connectivity index (χ3v) is 4.46. The molecule has 0 radical (unpaired) electrons. The van der Waals surface area contributed by atoms with E-state index in [1.54, 1.807) is 19.1 Å². The monoisotopic (exact) mass is 354 g/mol. The maximum atomic E-state index is 11.9. The van der Waals surface area contributed by atoms with Gasteiger partial charge in [0.2, 0.25) is 0 Å². The van der Waals surface area contributed by atoms with Gasteiger partial charge in [-0.1, -0.05) is 53.7 Å². The molecule has 26 heavy (non-hydrogen) atoms. The van der Waals surface area contributed by atoms with Crippen LogP contribution < -0.4 is 0 Å². The molecule has 0 aliphatic rings. The molecule has 1 N–H and O–H groups in total. The van der Waals surface area contributed by atoms with E-state index in [1.165, 1.54) is 0 Å². The van der Waals surface area contributed by atoms with Crippen molar-refractivity contribution >= 4 is 5.97 Å². The molecule has 0 saturated heterocycles. The molecule has 0 unspecified atom stereocenters. The Morgan fingerprint density at radius 2 is 1.35 bits per heavy atom. The van der Waals surface area contributed by atoms with Crippen LogP contribution in [0.5, 0.6) is 5.75 Å². The molecular weight excluding hydrogens is 324 g/mol. The maximum Gasteiger partial charge on any atom is 0.338 e. The third-order valence-electron chi connectivity index (χ3n) is 4.46. The molecule has 0 spiro atoms. The maximum absolute atomic E-state index is 11.9. The lowest BCUT2D eigenvalue weighted by atomic mass is 9.77. The average Bonchev–Trinajstić information content (AvgIpc) is 2.53. The summed E-state index contributed by atoms with van der Waals surface area (Å²) in [5, 5.41) is 10.8. The highest BCUT2D eigenvalue weighted by atomic mass is 16.5. The van der Waals surface area contributed by atoms with Crippen LogP contribution >= 0.6 is 0 Å². The summed E-state index contributed by atoms with van der Waals surface area (Å²) in [5.74, 6) is 0.0624. The molecule has 2 rings (SSSR count). The zero-order valence-corrected chi connectivity index (χ0v) is 16.9. The Kier molecular flexibility index (Phi) is 5.50. The molecule has 3 nitrogen and oxygen atoms in total. The second-order valence-electron chi connectivity index (χ2n) is 8.72. The van der Waals surface area contributed by atoms with Crippen molar-refractivity contribution in [3.05, 3.63) is 53.1 Å². The number of phenolic OH excluding ortho intramolecular Hbond substituents is 1. The van der Waals surface area contributed by atoms with Crippen molar-refractivity contribution in [2.24, 2.45) is 0 Å². The molecule has 0 aromatic heterocycles. The van der Waals surface area contributed by atoms with Gasteiger partial charge in [-0.15, -0.1) is 0 Å². The Morgan fingerprint density at radius 3 is 1.73 bits per heavy atom. The van der Waals surface area contributed by atoms with Gasteiger partial charge in [0.1, 0.15) is 5.75 Å². The van der Waals surface area contributed by atoms with E-state index in [0.717, 1.165) is 22.3 Å². The first-order valence-corrected chi connectivity index (χ1v) is 9.10. The van der Waals surface area contributed by atoms with E-state index in [0.29, 0.717) is 17.9 Å². The summed E-state index contributed by atoms with van der Waals surface area (Å²) >= 11 is 0. The second-order valence-corrected chi connectivity index (χ2v) is 8.72. The predicted octanol–water partition coefficient (Wildman–Crippen LogP) is 5.83. The van der Waals surface area contributed by atoms with E-state index in [1.807, 2.05) is 24.3 Å². The number of carbonyl (C=O) groups excluding carboxylic acids is 1. The highest BCUT2D eigenvalue weighted by molar-refractivity contribution is 5.90. The molecule has 0 fully saturated rings. The van der Waals surface area contributed by atoms with Crippen LogP contribution in [0.2, 0.25) is 0 Å². The van der Waals surface area contributed by atoms with Gasteiger partial charge in [0, 0.05) is 11.1 Å². The summed E-state index contributed by atoms with van der Waals surface area (Å²) in [6.07, 6.45) is 0. The number of esters is 1. The minimum atomic E-state index is -0.310. The topological polar surface area (TPSA) is 46.5 Å². The van der Waals surface area contributed by atoms with Crippen molar-refractivity contribution in [2.75, 3.05) is 6.61 Å². The molecule has 0 aliphatic carbocycles. The van der Waals surface area contributed by atoms with Crippen molar-refractivity contribution in [1.29, 1.82) is 0 Å². The van der Waals surface area contributed by atoms with Crippen LogP contribution in [0.15, 0.2) is 36.4 Å². The van der Waals surface area contributed by atoms with E-state index < -0.39 is 0 Å². The molecule has 0 saturated carbocycles. The fraction of sp³-hybridized carbons (Fsp3) is 0.435. The molecular formula is C23H30O3. The van der Waals surface area contributed by atoms with E-state index in [2.05, 4.69) is 41.5 Å². The van der Waals surface area contributed by atoms with Crippen molar-refractivity contribution in [1.82, 2.24) is 0 Å². The first kappa shape index (κ1) is 20.0. The molecule has 0 atom stereocenters. The minimum absolute atomic E-state index is 0.176. The fourth-order valence-corrected chi connectivity index (χ4v) is 2.96. The zero-order chi connectivity index (χ0) is 19.7. The predicted molar refractivity (Wildman–Crippen MR) is 107 cm³/mol. The van der Waals surface area contributed by atoms with Crippen LogP contribution in [0.25, 0.3) is 11.1 Å². The van der Waals surface area contributed by atoms with E-state index in [4.69, 9.17) is 4.74 Å². The summed E-state index contributed by atoms with van der Waals surface area (Å²) in [6, 6.07) is 11.5. The van der Waals surface area contributed by atoms with Gasteiger partial charge in [-0.2, -0.15) is 0 Å². The van der Waals surface area contributed by atoms with Crippen LogP contribution in [0, 0.1) is 0 Å². The standard InChI is InChI=1S/C23H30O3/c1-8-26-21(25)16-11-9-15(10-12-16)17-13-18(22(2,3)4)20(24)19(14-17)23(5,6)7/h9-14,24H,8H2,1-7H3. The number of carbonyl (C=O) groups is 1. The largest absolute Gasteiger partial charge is 0.507 e. The summed E-state index contributed by atoms with van der Waals surface area (Å²) in [5.41, 5.74) is 4.09. The SMILES string of the molecule is CCOC(=O)c1ccc(-c2cc(C(C)(C)C)c(O)c(C(C)(C)C)c2)cc1. The molecule has 0 bridgehead atoms. The average molecular weight is 354 g/mol. The van der Waals surface area contributed by atoms with E-state index >= 15 is 0 Å². The van der Waals surface area contributed by atoms with Crippen LogP contribution in [0.4, 0.5) is 0 Å². The number of ether oxygens (including phenoxy) is 1. The van der Waals surface area contributed by atoms with E-state index in [9.17, 15) is 9.90 Å². The lowest BCUT2D eigenvalue weighted by Crippen LogP contribution is -2.17. The number of benzene rings is 2. The van der Waals surface area contributed by atoms with Gasteiger partial charge in [0.15, 0.2) is 0 Å². The number of aromatic hydroxyl groups is 1. The second kappa shape index (κ2) is 7.14. The van der Waals surface area contributed by atoms with Crippen molar-refractivity contribution in [3.63, 3.8) is 0 Å². The third kappa shape index (κ3) is 4.27. The summed E-state index contributed by atoms with van der Waals surface area (Å²) in [4.78, 5) is 11.9. The lowest BCUT2D eigenvalue weighted by Gasteiger charge is -2.28. The Bertz CT molecular complexity index is 753. The molecule has 140 valence electrons. The highest BCUT2D eigenvalue weighted by Crippen LogP contribution is 2.41. The van der Waals surface area contributed by atoms with Crippen LogP contribution in [-0.4, -0.2) is 17.7 Å². The van der Waals surface area contributed by atoms with Crippen LogP contribution in [-0.2, 0) is 15.6 Å². The Labute approximate surface area is 157 Å². The number of hydrogen-bond acceptors (Lipinski definition) is 3. The molecule has 0 heterocycles. The van der Waals surface area contributed by atoms with Gasteiger partial charge in [-0.3, -0.25) is 0 Å². The number of rotatable bonds is 3. The first-order chi connectivity index (χ1) is 11.9. The smallest absolute Gasteiger partial charge is 0.338 e. The summed E-state index contributed by atoms with van der Waals surface area (Å²) in [7, 11) is 0. The lowest BCUT2D eigenvalue weighted by molar-refractivity contribution is 0.0526. The molecule has 2 aromatic rings. The van der Waals surface area contributed by atoms with Gasteiger partial charge in [0.05, 0.1) is 12.2 Å². The number of hydrogen-bond donors (Lipinski definition) is 1. The van der Waals surface area contributed by atoms with Gasteiger partial charge < -0.3 is 9.84 Å². The Balaban J connectivity index is 2.57. The highest BCUT2D eigenvalue weighted by Gasteiger charge is 2.26. The molecule has 0 amide bonds. The van der Waals surface area contributed by atoms with Gasteiger partial charge >= 0.3 is 5.97 Å². The Hall–Kier alpha value is -2.29. The zero-order valence-electron chi connectivity index (χ0n) is 16.9.